The fourth-order valence-corrected chi connectivity index (χ4v) is 2.49. The van der Waals surface area contributed by atoms with Crippen molar-refractivity contribution >= 4 is 11.6 Å². The van der Waals surface area contributed by atoms with E-state index in [0.717, 1.165) is 24.1 Å². The Kier molecular flexibility index (Phi) is 5.32. The summed E-state index contributed by atoms with van der Waals surface area (Å²) in [5.41, 5.74) is 1.28. The third kappa shape index (κ3) is 4.37. The van der Waals surface area contributed by atoms with Gasteiger partial charge in [0.25, 0.3) is 5.91 Å². The number of benzene rings is 2. The number of alkyl halides is 3. The monoisotopic (exact) mass is 335 g/mol. The van der Waals surface area contributed by atoms with Crippen LogP contribution < -0.4 is 4.90 Å². The van der Waals surface area contributed by atoms with Gasteiger partial charge in [-0.2, -0.15) is 13.2 Å². The van der Waals surface area contributed by atoms with E-state index in [-0.39, 0.29) is 5.91 Å². The molecule has 24 heavy (non-hydrogen) atoms. The second kappa shape index (κ2) is 7.07. The van der Waals surface area contributed by atoms with Gasteiger partial charge in [-0.15, -0.1) is 0 Å². The highest BCUT2D eigenvalue weighted by Gasteiger charge is 2.30. The van der Waals surface area contributed by atoms with Crippen molar-refractivity contribution in [3.8, 4) is 0 Å². The van der Waals surface area contributed by atoms with Crippen LogP contribution in [-0.4, -0.2) is 13.0 Å². The van der Waals surface area contributed by atoms with Crippen LogP contribution in [0.25, 0.3) is 0 Å². The average molecular weight is 335 g/mol. The smallest absolute Gasteiger partial charge is 0.311 e. The van der Waals surface area contributed by atoms with E-state index in [1.165, 1.54) is 17.0 Å². The number of nitrogens with zero attached hydrogens (tertiary/aromatic N) is 1. The second-order valence-corrected chi connectivity index (χ2v) is 6.21. The molecule has 0 radical (unpaired) electrons. The molecule has 2 nitrogen and oxygen atoms in total. The molecule has 1 amide bonds. The number of halogens is 3. The molecule has 0 aliphatic heterocycles. The van der Waals surface area contributed by atoms with Crippen LogP contribution in [0.3, 0.4) is 0 Å². The van der Waals surface area contributed by atoms with Crippen LogP contribution in [0.2, 0.25) is 0 Å². The van der Waals surface area contributed by atoms with Crippen molar-refractivity contribution in [2.45, 2.75) is 26.4 Å². The van der Waals surface area contributed by atoms with Gasteiger partial charge in [-0.1, -0.05) is 26.0 Å². The second-order valence-electron chi connectivity index (χ2n) is 6.21. The maximum Gasteiger partial charge on any atom is 0.416 e. The standard InChI is InChI=1S/C19H20F3NO/c1-13(2)11-14-5-4-6-15(12-14)18(24)23(3)17-9-7-16(8-10-17)19(20,21)22/h4-10,12-13H,11H2,1-3H3. The van der Waals surface area contributed by atoms with Crippen molar-refractivity contribution in [1.82, 2.24) is 0 Å². The van der Waals surface area contributed by atoms with Gasteiger partial charge in [-0.25, -0.2) is 0 Å². The molecule has 0 fully saturated rings. The number of rotatable bonds is 4. The minimum Gasteiger partial charge on any atom is -0.311 e. The Morgan fingerprint density at radius 3 is 2.25 bits per heavy atom. The third-order valence-corrected chi connectivity index (χ3v) is 3.70. The summed E-state index contributed by atoms with van der Waals surface area (Å²) in [6, 6.07) is 11.9. The lowest BCUT2D eigenvalue weighted by Crippen LogP contribution is -2.26. The molecule has 0 spiro atoms. The molecule has 128 valence electrons. The van der Waals surface area contributed by atoms with E-state index in [1.54, 1.807) is 13.1 Å². The Morgan fingerprint density at radius 2 is 1.71 bits per heavy atom. The molecule has 0 atom stereocenters. The topological polar surface area (TPSA) is 20.3 Å². The summed E-state index contributed by atoms with van der Waals surface area (Å²) in [6.45, 7) is 4.20. The van der Waals surface area contributed by atoms with Crippen LogP contribution in [0, 0.1) is 5.92 Å². The van der Waals surface area contributed by atoms with E-state index in [2.05, 4.69) is 13.8 Å². The molecular weight excluding hydrogens is 315 g/mol. The van der Waals surface area contributed by atoms with Crippen molar-refractivity contribution in [3.05, 3.63) is 65.2 Å². The quantitative estimate of drug-likeness (QED) is 0.754. The summed E-state index contributed by atoms with van der Waals surface area (Å²) < 4.78 is 37.8. The fraction of sp³-hybridized carbons (Fsp3) is 0.316. The summed E-state index contributed by atoms with van der Waals surface area (Å²) in [7, 11) is 1.56. The highest BCUT2D eigenvalue weighted by molar-refractivity contribution is 6.05. The van der Waals surface area contributed by atoms with Crippen LogP contribution in [0.5, 0.6) is 0 Å². The van der Waals surface area contributed by atoms with Gasteiger partial charge in [0.1, 0.15) is 0 Å². The Balaban J connectivity index is 2.20. The highest BCUT2D eigenvalue weighted by atomic mass is 19.4. The van der Waals surface area contributed by atoms with E-state index in [9.17, 15) is 18.0 Å². The molecule has 2 rings (SSSR count). The van der Waals surface area contributed by atoms with Gasteiger partial charge in [0.15, 0.2) is 0 Å². The Labute approximate surface area is 139 Å². The Bertz CT molecular complexity index is 705. The lowest BCUT2D eigenvalue weighted by atomic mass is 10.0. The summed E-state index contributed by atoms with van der Waals surface area (Å²) in [5, 5.41) is 0. The van der Waals surface area contributed by atoms with Gasteiger partial charge < -0.3 is 4.90 Å². The molecule has 2 aromatic rings. The van der Waals surface area contributed by atoms with Gasteiger partial charge in [0.2, 0.25) is 0 Å². The molecule has 5 heteroatoms. The van der Waals surface area contributed by atoms with Gasteiger partial charge in [-0.3, -0.25) is 4.79 Å². The lowest BCUT2D eigenvalue weighted by molar-refractivity contribution is -0.137. The predicted molar refractivity (Wildman–Crippen MR) is 89.2 cm³/mol. The molecule has 0 unspecified atom stereocenters. The number of carbonyl (C=O) groups excluding carboxylic acids is 1. The molecule has 0 aliphatic rings. The fourth-order valence-electron chi connectivity index (χ4n) is 2.49. The normalized spacial score (nSPS) is 11.6. The van der Waals surface area contributed by atoms with Crippen LogP contribution in [0.1, 0.15) is 35.3 Å². The van der Waals surface area contributed by atoms with E-state index < -0.39 is 11.7 Å². The minimum absolute atomic E-state index is 0.250. The summed E-state index contributed by atoms with van der Waals surface area (Å²) in [5.74, 6) is 0.225. The first kappa shape index (κ1) is 18.0. The molecule has 0 aliphatic carbocycles. The number of hydrogen-bond acceptors (Lipinski definition) is 1. The van der Waals surface area contributed by atoms with E-state index in [4.69, 9.17) is 0 Å². The van der Waals surface area contributed by atoms with Crippen molar-refractivity contribution in [3.63, 3.8) is 0 Å². The third-order valence-electron chi connectivity index (χ3n) is 3.70. The minimum atomic E-state index is -4.38. The largest absolute Gasteiger partial charge is 0.416 e. The van der Waals surface area contributed by atoms with Crippen molar-refractivity contribution in [2.75, 3.05) is 11.9 Å². The number of carbonyl (C=O) groups is 1. The zero-order valence-electron chi connectivity index (χ0n) is 13.9. The average Bonchev–Trinajstić information content (AvgIpc) is 2.52. The Hall–Kier alpha value is -2.30. The molecular formula is C19H20F3NO. The van der Waals surface area contributed by atoms with Gasteiger partial charge in [0.05, 0.1) is 5.56 Å². The molecule has 0 bridgehead atoms. The first-order chi connectivity index (χ1) is 11.2. The van der Waals surface area contributed by atoms with Gasteiger partial charge in [0, 0.05) is 18.3 Å². The molecule has 0 N–H and O–H groups in total. The van der Waals surface area contributed by atoms with Crippen LogP contribution in [0.15, 0.2) is 48.5 Å². The van der Waals surface area contributed by atoms with Crippen LogP contribution >= 0.6 is 0 Å². The lowest BCUT2D eigenvalue weighted by Gasteiger charge is -2.19. The van der Waals surface area contributed by atoms with Crippen LogP contribution in [-0.2, 0) is 12.6 Å². The summed E-state index contributed by atoms with van der Waals surface area (Å²) in [4.78, 5) is 13.9. The van der Waals surface area contributed by atoms with E-state index >= 15 is 0 Å². The maximum atomic E-state index is 12.6. The molecule has 0 heterocycles. The zero-order chi connectivity index (χ0) is 17.9. The first-order valence-electron chi connectivity index (χ1n) is 7.72. The maximum absolute atomic E-state index is 12.6. The number of amides is 1. The van der Waals surface area contributed by atoms with E-state index in [1.807, 2.05) is 18.2 Å². The van der Waals surface area contributed by atoms with Crippen molar-refractivity contribution in [2.24, 2.45) is 5.92 Å². The highest BCUT2D eigenvalue weighted by Crippen LogP contribution is 2.30. The van der Waals surface area contributed by atoms with E-state index in [0.29, 0.717) is 17.2 Å². The van der Waals surface area contributed by atoms with Gasteiger partial charge >= 0.3 is 6.18 Å². The summed E-state index contributed by atoms with van der Waals surface area (Å²) >= 11 is 0. The predicted octanol–water partition coefficient (Wildman–Crippen LogP) is 5.18. The number of hydrogen-bond donors (Lipinski definition) is 0. The molecule has 0 saturated heterocycles. The van der Waals surface area contributed by atoms with Crippen molar-refractivity contribution < 1.29 is 18.0 Å². The molecule has 0 aromatic heterocycles. The van der Waals surface area contributed by atoms with Crippen molar-refractivity contribution in [1.29, 1.82) is 0 Å². The van der Waals surface area contributed by atoms with Gasteiger partial charge in [-0.05, 0) is 54.3 Å². The first-order valence-corrected chi connectivity index (χ1v) is 7.72. The SMILES string of the molecule is CC(C)Cc1cccc(C(=O)N(C)c2ccc(C(F)(F)F)cc2)c1. The number of anilines is 1. The zero-order valence-corrected chi connectivity index (χ0v) is 13.9. The van der Waals surface area contributed by atoms with Crippen LogP contribution in [0.4, 0.5) is 18.9 Å². The molecule has 0 saturated carbocycles. The Morgan fingerprint density at radius 1 is 1.08 bits per heavy atom. The summed E-state index contributed by atoms with van der Waals surface area (Å²) in [6.07, 6.45) is -3.52. The molecule has 2 aromatic carbocycles.